The Bertz CT molecular complexity index is 618. The fourth-order valence-corrected chi connectivity index (χ4v) is 1.66. The molecule has 1 aromatic carbocycles. The zero-order valence-electron chi connectivity index (χ0n) is 11.1. The van der Waals surface area contributed by atoms with Crippen molar-refractivity contribution in [2.75, 3.05) is 17.7 Å². The summed E-state index contributed by atoms with van der Waals surface area (Å²) in [4.78, 5) is 8.07. The quantitative estimate of drug-likeness (QED) is 0.864. The van der Waals surface area contributed by atoms with Crippen LogP contribution in [0.3, 0.4) is 0 Å². The molecule has 6 nitrogen and oxygen atoms in total. The highest BCUT2D eigenvalue weighted by molar-refractivity contribution is 5.72. The molecule has 0 spiro atoms. The first kappa shape index (κ1) is 13.6. The Morgan fingerprint density at radius 1 is 1.30 bits per heavy atom. The molecule has 20 heavy (non-hydrogen) atoms. The van der Waals surface area contributed by atoms with Gasteiger partial charge in [-0.25, -0.2) is 4.98 Å². The van der Waals surface area contributed by atoms with E-state index in [0.717, 1.165) is 11.3 Å². The van der Waals surface area contributed by atoms with Gasteiger partial charge in [-0.15, -0.1) is 0 Å². The van der Waals surface area contributed by atoms with Crippen molar-refractivity contribution in [1.29, 1.82) is 5.26 Å². The van der Waals surface area contributed by atoms with Crippen molar-refractivity contribution in [2.45, 2.75) is 13.3 Å². The summed E-state index contributed by atoms with van der Waals surface area (Å²) < 4.78 is 5.31. The topological polar surface area (TPSA) is 96.9 Å². The van der Waals surface area contributed by atoms with Gasteiger partial charge >= 0.3 is 0 Å². The van der Waals surface area contributed by atoms with Crippen LogP contribution in [-0.4, -0.2) is 16.6 Å². The van der Waals surface area contributed by atoms with Gasteiger partial charge in [0, 0.05) is 5.69 Å². The number of rotatable bonds is 5. The molecule has 2 rings (SSSR count). The number of nitrogens with one attached hydrogen (secondary N) is 1. The van der Waals surface area contributed by atoms with Crippen LogP contribution in [0.15, 0.2) is 30.6 Å². The van der Waals surface area contributed by atoms with Crippen molar-refractivity contribution in [3.8, 4) is 11.9 Å². The van der Waals surface area contributed by atoms with E-state index in [4.69, 9.17) is 15.7 Å². The normalized spacial score (nSPS) is 9.80. The van der Waals surface area contributed by atoms with E-state index < -0.39 is 0 Å². The molecule has 0 saturated heterocycles. The summed E-state index contributed by atoms with van der Waals surface area (Å²) in [5, 5.41) is 11.7. The van der Waals surface area contributed by atoms with E-state index >= 15 is 0 Å². The average molecular weight is 269 g/mol. The Balaban J connectivity index is 2.17. The molecule has 3 N–H and O–H groups in total. The highest BCUT2D eigenvalue weighted by Gasteiger charge is 2.08. The number of anilines is 3. The molecule has 0 radical (unpaired) electrons. The van der Waals surface area contributed by atoms with Crippen LogP contribution in [0.4, 0.5) is 17.2 Å². The van der Waals surface area contributed by atoms with Crippen molar-refractivity contribution in [3.05, 3.63) is 36.2 Å². The molecule has 0 aliphatic carbocycles. The van der Waals surface area contributed by atoms with Gasteiger partial charge < -0.3 is 15.8 Å². The molecule has 0 atom stereocenters. The van der Waals surface area contributed by atoms with Crippen LogP contribution in [0.25, 0.3) is 0 Å². The highest BCUT2D eigenvalue weighted by Crippen LogP contribution is 2.27. The summed E-state index contributed by atoms with van der Waals surface area (Å²) in [6, 6.07) is 9.61. The van der Waals surface area contributed by atoms with Crippen LogP contribution in [0.5, 0.6) is 5.88 Å². The third-order valence-electron chi connectivity index (χ3n) is 2.63. The lowest BCUT2D eigenvalue weighted by atomic mass is 10.1. The number of aromatic nitrogens is 2. The number of nitrogens with two attached hydrogens (primary N) is 1. The molecule has 0 bridgehead atoms. The first-order valence-corrected chi connectivity index (χ1v) is 6.20. The zero-order chi connectivity index (χ0) is 14.4. The fraction of sp³-hybridized carbons (Fsp3) is 0.214. The van der Waals surface area contributed by atoms with Crippen LogP contribution in [0.1, 0.15) is 12.5 Å². The summed E-state index contributed by atoms with van der Waals surface area (Å²) >= 11 is 0. The molecule has 0 aliphatic heterocycles. The maximum Gasteiger partial charge on any atom is 0.242 e. The number of nitrogen functional groups attached to an aromatic ring is 1. The lowest BCUT2D eigenvalue weighted by molar-refractivity contribution is 0.328. The standard InChI is InChI=1S/C14H15N5O/c1-2-20-14-12(16)13(17-9-18-14)19-11-5-3-10(4-6-11)7-8-15/h3-6,9H,2,7,16H2,1H3,(H,17,18,19). The fourth-order valence-electron chi connectivity index (χ4n) is 1.66. The first-order chi connectivity index (χ1) is 9.74. The molecule has 0 aliphatic rings. The van der Waals surface area contributed by atoms with Gasteiger partial charge in [0.1, 0.15) is 12.0 Å². The molecule has 0 fully saturated rings. The molecule has 102 valence electrons. The predicted octanol–water partition coefficient (Wildman–Crippen LogP) is 2.27. The Hall–Kier alpha value is -2.81. The summed E-state index contributed by atoms with van der Waals surface area (Å²) in [6.45, 7) is 2.35. The smallest absolute Gasteiger partial charge is 0.242 e. The van der Waals surface area contributed by atoms with Gasteiger partial charge in [0.15, 0.2) is 5.82 Å². The van der Waals surface area contributed by atoms with Crippen molar-refractivity contribution in [1.82, 2.24) is 9.97 Å². The number of hydrogen-bond donors (Lipinski definition) is 2. The minimum Gasteiger partial charge on any atom is -0.476 e. The summed E-state index contributed by atoms with van der Waals surface area (Å²) in [5.74, 6) is 0.864. The first-order valence-electron chi connectivity index (χ1n) is 6.20. The van der Waals surface area contributed by atoms with E-state index in [-0.39, 0.29) is 0 Å². The molecular weight excluding hydrogens is 254 g/mol. The average Bonchev–Trinajstić information content (AvgIpc) is 2.46. The maximum absolute atomic E-state index is 8.63. The minimum atomic E-state index is 0.367. The number of ether oxygens (including phenoxy) is 1. The van der Waals surface area contributed by atoms with E-state index in [1.165, 1.54) is 6.33 Å². The van der Waals surface area contributed by atoms with E-state index in [9.17, 15) is 0 Å². The second kappa shape index (κ2) is 6.38. The highest BCUT2D eigenvalue weighted by atomic mass is 16.5. The van der Waals surface area contributed by atoms with Crippen LogP contribution in [0, 0.1) is 11.3 Å². The minimum absolute atomic E-state index is 0.367. The molecular formula is C14H15N5O. The van der Waals surface area contributed by atoms with E-state index in [2.05, 4.69) is 21.4 Å². The molecule has 1 aromatic heterocycles. The van der Waals surface area contributed by atoms with Gasteiger partial charge in [-0.05, 0) is 24.6 Å². The third kappa shape index (κ3) is 3.14. The van der Waals surface area contributed by atoms with Crippen LogP contribution in [0.2, 0.25) is 0 Å². The number of nitriles is 1. The largest absolute Gasteiger partial charge is 0.476 e. The third-order valence-corrected chi connectivity index (χ3v) is 2.63. The molecule has 2 aromatic rings. The second-order valence-electron chi connectivity index (χ2n) is 4.03. The van der Waals surface area contributed by atoms with Gasteiger partial charge in [-0.2, -0.15) is 10.2 Å². The Morgan fingerprint density at radius 3 is 2.70 bits per heavy atom. The molecule has 0 amide bonds. The monoisotopic (exact) mass is 269 g/mol. The number of benzene rings is 1. The molecule has 1 heterocycles. The van der Waals surface area contributed by atoms with Crippen LogP contribution in [-0.2, 0) is 6.42 Å². The van der Waals surface area contributed by atoms with E-state index in [1.807, 2.05) is 31.2 Å². The Labute approximate surface area is 117 Å². The van der Waals surface area contributed by atoms with Gasteiger partial charge in [0.2, 0.25) is 5.88 Å². The summed E-state index contributed by atoms with van der Waals surface area (Å²) in [7, 11) is 0. The van der Waals surface area contributed by atoms with E-state index in [0.29, 0.717) is 30.4 Å². The van der Waals surface area contributed by atoms with Gasteiger partial charge in [0.05, 0.1) is 19.1 Å². The Morgan fingerprint density at radius 2 is 2.05 bits per heavy atom. The van der Waals surface area contributed by atoms with Crippen molar-refractivity contribution in [3.63, 3.8) is 0 Å². The second-order valence-corrected chi connectivity index (χ2v) is 4.03. The lowest BCUT2D eigenvalue weighted by Gasteiger charge is -2.11. The maximum atomic E-state index is 8.63. The SMILES string of the molecule is CCOc1ncnc(Nc2ccc(CC#N)cc2)c1N. The van der Waals surface area contributed by atoms with E-state index in [1.54, 1.807) is 0 Å². The summed E-state index contributed by atoms with van der Waals surface area (Å²) in [6.07, 6.45) is 1.79. The zero-order valence-corrected chi connectivity index (χ0v) is 11.1. The molecule has 6 heteroatoms. The lowest BCUT2D eigenvalue weighted by Crippen LogP contribution is -2.05. The van der Waals surface area contributed by atoms with Gasteiger partial charge in [-0.1, -0.05) is 12.1 Å². The van der Waals surface area contributed by atoms with Crippen molar-refractivity contribution in [2.24, 2.45) is 0 Å². The number of hydrogen-bond acceptors (Lipinski definition) is 6. The molecule has 0 saturated carbocycles. The number of nitrogens with zero attached hydrogens (tertiary/aromatic N) is 3. The Kier molecular flexibility index (Phi) is 4.35. The summed E-state index contributed by atoms with van der Waals surface area (Å²) in [5.41, 5.74) is 8.10. The van der Waals surface area contributed by atoms with Crippen LogP contribution < -0.4 is 15.8 Å². The van der Waals surface area contributed by atoms with Gasteiger partial charge in [0.25, 0.3) is 0 Å². The predicted molar refractivity (Wildman–Crippen MR) is 76.7 cm³/mol. The molecule has 0 unspecified atom stereocenters. The van der Waals surface area contributed by atoms with Crippen molar-refractivity contribution < 1.29 is 4.74 Å². The van der Waals surface area contributed by atoms with Crippen molar-refractivity contribution >= 4 is 17.2 Å². The van der Waals surface area contributed by atoms with Gasteiger partial charge in [-0.3, -0.25) is 0 Å². The van der Waals surface area contributed by atoms with Crippen LogP contribution >= 0.6 is 0 Å².